The zero-order valence-corrected chi connectivity index (χ0v) is 14.7. The smallest absolute Gasteiger partial charge is 0.408 e. The van der Waals surface area contributed by atoms with E-state index >= 15 is 0 Å². The van der Waals surface area contributed by atoms with Crippen LogP contribution in [0.1, 0.15) is 34.6 Å². The minimum atomic E-state index is -1.11. The highest BCUT2D eigenvalue weighted by Gasteiger charge is 2.24. The van der Waals surface area contributed by atoms with Gasteiger partial charge >= 0.3 is 12.1 Å². The van der Waals surface area contributed by atoms with E-state index in [9.17, 15) is 9.59 Å². The molecule has 0 aliphatic carbocycles. The number of thioether (sulfide) groups is 1. The maximum atomic E-state index is 11.6. The molecule has 1 atom stereocenters. The van der Waals surface area contributed by atoms with Crippen LogP contribution in [0.4, 0.5) is 4.79 Å². The molecular formula is C14H27NO6S. The summed E-state index contributed by atoms with van der Waals surface area (Å²) in [6.07, 6.45) is -1.12. The molecule has 0 aromatic carbocycles. The van der Waals surface area contributed by atoms with Gasteiger partial charge < -0.3 is 24.6 Å². The molecule has 7 nitrogen and oxygen atoms in total. The number of alkyl carbamates (subject to hydrolysis) is 1. The summed E-state index contributed by atoms with van der Waals surface area (Å²) in [5.74, 6) is -0.421. The van der Waals surface area contributed by atoms with Crippen LogP contribution in [0.15, 0.2) is 0 Å². The van der Waals surface area contributed by atoms with Crippen molar-refractivity contribution in [3.63, 3.8) is 0 Å². The molecule has 1 amide bonds. The van der Waals surface area contributed by atoms with Gasteiger partial charge in [0, 0.05) is 24.7 Å². The second-order valence-electron chi connectivity index (χ2n) is 5.41. The molecule has 130 valence electrons. The highest BCUT2D eigenvalue weighted by Crippen LogP contribution is 2.11. The summed E-state index contributed by atoms with van der Waals surface area (Å²) in [5, 5.41) is 11.5. The number of ether oxygens (including phenoxy) is 3. The Bertz CT molecular complexity index is 339. The van der Waals surface area contributed by atoms with Gasteiger partial charge in [0.05, 0.1) is 0 Å². The van der Waals surface area contributed by atoms with E-state index in [0.717, 1.165) is 0 Å². The highest BCUT2D eigenvalue weighted by atomic mass is 32.2. The van der Waals surface area contributed by atoms with Crippen molar-refractivity contribution >= 4 is 23.8 Å². The molecule has 0 aliphatic rings. The van der Waals surface area contributed by atoms with Crippen LogP contribution in [-0.4, -0.2) is 59.8 Å². The number of nitrogens with one attached hydrogen (secondary N) is 1. The van der Waals surface area contributed by atoms with E-state index in [1.54, 1.807) is 20.8 Å². The third-order valence-corrected chi connectivity index (χ3v) is 3.31. The van der Waals surface area contributed by atoms with Gasteiger partial charge in [-0.15, -0.1) is 0 Å². The summed E-state index contributed by atoms with van der Waals surface area (Å²) >= 11 is 1.34. The molecule has 0 saturated heterocycles. The summed E-state index contributed by atoms with van der Waals surface area (Å²) in [6, 6.07) is -1.02. The van der Waals surface area contributed by atoms with Crippen molar-refractivity contribution in [3.8, 4) is 0 Å². The Balaban J connectivity index is 4.30. The largest absolute Gasteiger partial charge is 0.480 e. The van der Waals surface area contributed by atoms with Crippen LogP contribution in [-0.2, 0) is 19.0 Å². The van der Waals surface area contributed by atoms with Gasteiger partial charge in [-0.1, -0.05) is 0 Å². The van der Waals surface area contributed by atoms with Crippen molar-refractivity contribution in [2.45, 2.75) is 52.6 Å². The SMILES string of the molecule is CCOC(CSCC(NC(=O)OC(C)(C)C)C(=O)O)OCC. The fraction of sp³-hybridized carbons (Fsp3) is 0.857. The Hall–Kier alpha value is -0.990. The molecule has 1 unspecified atom stereocenters. The standard InChI is InChI=1S/C14H27NO6S/c1-6-19-11(20-7-2)9-22-8-10(12(16)17)15-13(18)21-14(3,4)5/h10-11H,6-9H2,1-5H3,(H,15,18)(H,16,17). The van der Waals surface area contributed by atoms with Gasteiger partial charge in [-0.2, -0.15) is 11.8 Å². The van der Waals surface area contributed by atoms with E-state index in [0.29, 0.717) is 19.0 Å². The van der Waals surface area contributed by atoms with Gasteiger partial charge in [0.1, 0.15) is 11.6 Å². The first-order chi connectivity index (χ1) is 10.2. The van der Waals surface area contributed by atoms with Crippen molar-refractivity contribution < 1.29 is 28.9 Å². The van der Waals surface area contributed by atoms with Crippen LogP contribution in [0, 0.1) is 0 Å². The lowest BCUT2D eigenvalue weighted by atomic mass is 10.2. The molecule has 22 heavy (non-hydrogen) atoms. The van der Waals surface area contributed by atoms with E-state index < -0.39 is 23.7 Å². The Morgan fingerprint density at radius 2 is 1.68 bits per heavy atom. The fourth-order valence-corrected chi connectivity index (χ4v) is 2.41. The number of aliphatic carboxylic acids is 1. The van der Waals surface area contributed by atoms with Crippen molar-refractivity contribution in [1.29, 1.82) is 0 Å². The van der Waals surface area contributed by atoms with Gasteiger partial charge in [0.15, 0.2) is 6.29 Å². The molecule has 0 heterocycles. The predicted octanol–water partition coefficient (Wildman–Crippen LogP) is 2.10. The first-order valence-electron chi connectivity index (χ1n) is 7.22. The first-order valence-corrected chi connectivity index (χ1v) is 8.38. The van der Waals surface area contributed by atoms with E-state index in [1.165, 1.54) is 11.8 Å². The van der Waals surface area contributed by atoms with E-state index in [4.69, 9.17) is 19.3 Å². The Kier molecular flexibility index (Phi) is 10.2. The summed E-state index contributed by atoms with van der Waals surface area (Å²) in [7, 11) is 0. The number of carboxylic acids is 1. The zero-order chi connectivity index (χ0) is 17.2. The fourth-order valence-electron chi connectivity index (χ4n) is 1.42. The average Bonchev–Trinajstić information content (AvgIpc) is 2.35. The minimum absolute atomic E-state index is 0.200. The first kappa shape index (κ1) is 21.0. The molecule has 0 saturated carbocycles. The highest BCUT2D eigenvalue weighted by molar-refractivity contribution is 7.99. The third-order valence-electron chi connectivity index (χ3n) is 2.23. The molecule has 0 spiro atoms. The molecule has 2 N–H and O–H groups in total. The molecule has 8 heteroatoms. The van der Waals surface area contributed by atoms with Crippen LogP contribution in [0.3, 0.4) is 0 Å². The maximum absolute atomic E-state index is 11.6. The van der Waals surface area contributed by atoms with E-state index in [-0.39, 0.29) is 12.0 Å². The summed E-state index contributed by atoms with van der Waals surface area (Å²) in [4.78, 5) is 22.8. The Morgan fingerprint density at radius 3 is 2.09 bits per heavy atom. The summed E-state index contributed by atoms with van der Waals surface area (Å²) in [6.45, 7) is 9.90. The van der Waals surface area contributed by atoms with Crippen LogP contribution in [0.5, 0.6) is 0 Å². The Labute approximate surface area is 136 Å². The van der Waals surface area contributed by atoms with E-state index in [1.807, 2.05) is 13.8 Å². The molecule has 0 radical (unpaired) electrons. The number of hydrogen-bond acceptors (Lipinski definition) is 6. The average molecular weight is 337 g/mol. The number of carbonyl (C=O) groups excluding carboxylic acids is 1. The molecule has 0 aromatic rings. The van der Waals surface area contributed by atoms with Gasteiger partial charge in [0.2, 0.25) is 0 Å². The molecular weight excluding hydrogens is 310 g/mol. The zero-order valence-electron chi connectivity index (χ0n) is 13.9. The quantitative estimate of drug-likeness (QED) is 0.589. The van der Waals surface area contributed by atoms with E-state index in [2.05, 4.69) is 5.32 Å². The molecule has 0 rings (SSSR count). The topological polar surface area (TPSA) is 94.1 Å². The number of rotatable bonds is 10. The minimum Gasteiger partial charge on any atom is -0.480 e. The summed E-state index contributed by atoms with van der Waals surface area (Å²) < 4.78 is 15.8. The third kappa shape index (κ3) is 10.7. The molecule has 0 fully saturated rings. The lowest BCUT2D eigenvalue weighted by molar-refractivity contribution is -0.138. The lowest BCUT2D eigenvalue weighted by Crippen LogP contribution is -2.45. The van der Waals surface area contributed by atoms with Crippen molar-refractivity contribution in [2.24, 2.45) is 0 Å². The van der Waals surface area contributed by atoms with Gasteiger partial charge in [-0.3, -0.25) is 0 Å². The monoisotopic (exact) mass is 337 g/mol. The number of hydrogen-bond donors (Lipinski definition) is 2. The second kappa shape index (κ2) is 10.7. The van der Waals surface area contributed by atoms with Crippen LogP contribution < -0.4 is 5.32 Å². The van der Waals surface area contributed by atoms with Gasteiger partial charge in [0.25, 0.3) is 0 Å². The number of carbonyl (C=O) groups is 2. The van der Waals surface area contributed by atoms with Crippen molar-refractivity contribution in [2.75, 3.05) is 24.7 Å². The van der Waals surface area contributed by atoms with Crippen LogP contribution >= 0.6 is 11.8 Å². The lowest BCUT2D eigenvalue weighted by Gasteiger charge is -2.22. The van der Waals surface area contributed by atoms with Gasteiger partial charge in [-0.25, -0.2) is 9.59 Å². The van der Waals surface area contributed by atoms with Crippen LogP contribution in [0.2, 0.25) is 0 Å². The van der Waals surface area contributed by atoms with Gasteiger partial charge in [-0.05, 0) is 34.6 Å². The number of carboxylic acid groups (broad SMARTS) is 1. The molecule has 0 aliphatic heterocycles. The maximum Gasteiger partial charge on any atom is 0.408 e. The van der Waals surface area contributed by atoms with Crippen LogP contribution in [0.25, 0.3) is 0 Å². The summed E-state index contributed by atoms with van der Waals surface area (Å²) in [5.41, 5.74) is -0.671. The molecule has 0 bridgehead atoms. The predicted molar refractivity (Wildman–Crippen MR) is 85.2 cm³/mol. The Morgan fingerprint density at radius 1 is 1.14 bits per heavy atom. The normalized spacial score (nSPS) is 13.0. The van der Waals surface area contributed by atoms with Crippen molar-refractivity contribution in [3.05, 3.63) is 0 Å². The number of amides is 1. The van der Waals surface area contributed by atoms with Crippen molar-refractivity contribution in [1.82, 2.24) is 5.32 Å². The molecule has 0 aromatic heterocycles. The second-order valence-corrected chi connectivity index (χ2v) is 6.49.